The molecule has 10 heteroatoms. The summed E-state index contributed by atoms with van der Waals surface area (Å²) in [5, 5.41) is 0. The Morgan fingerprint density at radius 2 is 1.87 bits per heavy atom. The van der Waals surface area contributed by atoms with E-state index in [9.17, 15) is 14.4 Å². The van der Waals surface area contributed by atoms with Gasteiger partial charge in [-0.2, -0.15) is 0 Å². The van der Waals surface area contributed by atoms with Crippen LogP contribution < -0.4 is 19.6 Å². The van der Waals surface area contributed by atoms with Crippen molar-refractivity contribution < 1.29 is 23.5 Å². The number of carbonyl (C=O) groups excluding carboxylic acids is 2. The van der Waals surface area contributed by atoms with Crippen LogP contribution in [0.2, 0.25) is 0 Å². The van der Waals surface area contributed by atoms with E-state index in [0.717, 1.165) is 9.13 Å². The molecule has 4 aromatic rings. The maximum absolute atomic E-state index is 13.7. The Bertz CT molecular complexity index is 1760. The van der Waals surface area contributed by atoms with Crippen molar-refractivity contribution in [2.75, 3.05) is 6.61 Å². The molecule has 0 unspecified atom stereocenters. The van der Waals surface area contributed by atoms with Crippen LogP contribution in [0.15, 0.2) is 105 Å². The first kappa shape index (κ1) is 26.6. The van der Waals surface area contributed by atoms with Gasteiger partial charge in [-0.1, -0.05) is 48.3 Å². The number of esters is 2. The number of hydrogen-bond acceptors (Lipinski definition) is 8. The van der Waals surface area contributed by atoms with Gasteiger partial charge in [0.1, 0.15) is 12.4 Å². The molecule has 0 bridgehead atoms. The Hall–Kier alpha value is -4.03. The van der Waals surface area contributed by atoms with Crippen LogP contribution >= 0.6 is 33.9 Å². The highest BCUT2D eigenvalue weighted by Gasteiger charge is 2.33. The average Bonchev–Trinajstić information content (AvgIpc) is 3.57. The minimum Gasteiger partial charge on any atom is -0.458 e. The highest BCUT2D eigenvalue weighted by atomic mass is 127. The summed E-state index contributed by atoms with van der Waals surface area (Å²) in [5.74, 6) is -0.880. The molecular formula is C29H21IN2O6S. The molecule has 8 nitrogen and oxygen atoms in total. The van der Waals surface area contributed by atoms with Crippen LogP contribution in [0.5, 0.6) is 5.75 Å². The normalized spacial score (nSPS) is 14.9. The van der Waals surface area contributed by atoms with Gasteiger partial charge in [0.25, 0.3) is 5.56 Å². The van der Waals surface area contributed by atoms with Gasteiger partial charge in [-0.25, -0.2) is 14.6 Å². The maximum Gasteiger partial charge on any atom is 0.379 e. The number of thiazole rings is 1. The van der Waals surface area contributed by atoms with Crippen molar-refractivity contribution in [1.82, 2.24) is 4.57 Å². The van der Waals surface area contributed by atoms with E-state index in [4.69, 9.17) is 13.9 Å². The molecule has 1 aliphatic rings. The Morgan fingerprint density at radius 1 is 1.13 bits per heavy atom. The van der Waals surface area contributed by atoms with Crippen LogP contribution in [0.3, 0.4) is 0 Å². The first-order valence-electron chi connectivity index (χ1n) is 11.8. The number of rotatable bonds is 7. The Labute approximate surface area is 240 Å². The zero-order chi connectivity index (χ0) is 27.5. The molecule has 5 rings (SSSR count). The van der Waals surface area contributed by atoms with E-state index >= 15 is 0 Å². The molecule has 0 aliphatic carbocycles. The summed E-state index contributed by atoms with van der Waals surface area (Å²) in [5.41, 5.74) is 1.91. The number of allylic oxidation sites excluding steroid dienone is 1. The lowest BCUT2D eigenvalue weighted by molar-refractivity contribution is -0.138. The van der Waals surface area contributed by atoms with Crippen LogP contribution in [-0.2, 0) is 9.53 Å². The number of halogens is 1. The van der Waals surface area contributed by atoms with E-state index < -0.39 is 18.0 Å². The zero-order valence-electron chi connectivity index (χ0n) is 20.6. The number of carbonyl (C=O) groups is 2. The van der Waals surface area contributed by atoms with Gasteiger partial charge in [0.05, 0.1) is 28.1 Å². The number of fused-ring (bicyclic) bond motifs is 1. The largest absolute Gasteiger partial charge is 0.458 e. The number of ether oxygens (including phenoxy) is 2. The Morgan fingerprint density at radius 3 is 2.54 bits per heavy atom. The number of nitrogens with zero attached hydrogens (tertiary/aromatic N) is 2. The van der Waals surface area contributed by atoms with E-state index in [0.29, 0.717) is 20.6 Å². The molecule has 0 saturated heterocycles. The lowest BCUT2D eigenvalue weighted by Gasteiger charge is -2.24. The van der Waals surface area contributed by atoms with Gasteiger partial charge in [-0.15, -0.1) is 0 Å². The van der Waals surface area contributed by atoms with E-state index in [2.05, 4.69) is 34.2 Å². The second-order valence-corrected chi connectivity index (χ2v) is 10.7. The van der Waals surface area contributed by atoms with Gasteiger partial charge in [0.2, 0.25) is 5.76 Å². The number of furan rings is 1. The summed E-state index contributed by atoms with van der Waals surface area (Å²) < 4.78 is 18.9. The highest BCUT2D eigenvalue weighted by Crippen LogP contribution is 2.31. The zero-order valence-corrected chi connectivity index (χ0v) is 23.6. The van der Waals surface area contributed by atoms with Crippen molar-refractivity contribution in [2.45, 2.75) is 13.0 Å². The highest BCUT2D eigenvalue weighted by molar-refractivity contribution is 14.1. The van der Waals surface area contributed by atoms with Crippen molar-refractivity contribution >= 4 is 51.9 Å². The lowest BCUT2D eigenvalue weighted by atomic mass is 9.96. The number of benzene rings is 2. The van der Waals surface area contributed by atoms with Gasteiger partial charge in [0, 0.05) is 3.57 Å². The molecule has 1 atom stereocenters. The topological polar surface area (TPSA) is 100 Å². The monoisotopic (exact) mass is 652 g/mol. The third-order valence-electron chi connectivity index (χ3n) is 5.87. The third-order valence-corrected chi connectivity index (χ3v) is 7.57. The minimum absolute atomic E-state index is 0.0151. The molecule has 0 fully saturated rings. The van der Waals surface area contributed by atoms with Crippen molar-refractivity contribution in [3.63, 3.8) is 0 Å². The maximum atomic E-state index is 13.7. The van der Waals surface area contributed by atoms with E-state index in [-0.39, 0.29) is 29.2 Å². The van der Waals surface area contributed by atoms with Gasteiger partial charge >= 0.3 is 11.9 Å². The molecule has 2 aromatic carbocycles. The summed E-state index contributed by atoms with van der Waals surface area (Å²) >= 11 is 3.47. The average molecular weight is 652 g/mol. The second-order valence-electron chi connectivity index (χ2n) is 8.46. The summed E-state index contributed by atoms with van der Waals surface area (Å²) in [6.45, 7) is 5.33. The van der Waals surface area contributed by atoms with E-state index in [1.165, 1.54) is 34.3 Å². The molecule has 196 valence electrons. The minimum atomic E-state index is -0.799. The Balaban J connectivity index is 1.58. The van der Waals surface area contributed by atoms with Gasteiger partial charge < -0.3 is 13.9 Å². The predicted molar refractivity (Wildman–Crippen MR) is 154 cm³/mol. The number of hydrogen-bond donors (Lipinski definition) is 0. The fourth-order valence-electron chi connectivity index (χ4n) is 4.09. The van der Waals surface area contributed by atoms with Gasteiger partial charge in [-0.3, -0.25) is 9.36 Å². The fourth-order valence-corrected chi connectivity index (χ4v) is 5.50. The molecule has 3 heterocycles. The molecule has 0 N–H and O–H groups in total. The number of aromatic nitrogens is 1. The van der Waals surface area contributed by atoms with Crippen LogP contribution in [0.4, 0.5) is 0 Å². The summed E-state index contributed by atoms with van der Waals surface area (Å²) in [6, 6.07) is 16.7. The summed E-state index contributed by atoms with van der Waals surface area (Å²) in [6.07, 6.45) is 4.67. The molecular weight excluding hydrogens is 631 g/mol. The summed E-state index contributed by atoms with van der Waals surface area (Å²) in [4.78, 5) is 44.2. The summed E-state index contributed by atoms with van der Waals surface area (Å²) in [7, 11) is 0. The van der Waals surface area contributed by atoms with Crippen molar-refractivity contribution in [3.05, 3.63) is 131 Å². The smallest absolute Gasteiger partial charge is 0.379 e. The van der Waals surface area contributed by atoms with Crippen LogP contribution in [0.1, 0.15) is 34.6 Å². The second kappa shape index (κ2) is 11.4. The van der Waals surface area contributed by atoms with E-state index in [1.54, 1.807) is 37.3 Å². The lowest BCUT2D eigenvalue weighted by Crippen LogP contribution is -2.39. The Kier molecular flexibility index (Phi) is 7.75. The predicted octanol–water partition coefficient (Wildman–Crippen LogP) is 4.38. The molecule has 0 saturated carbocycles. The van der Waals surface area contributed by atoms with Gasteiger partial charge in [0.15, 0.2) is 4.80 Å². The van der Waals surface area contributed by atoms with Crippen LogP contribution in [0, 0.1) is 3.57 Å². The molecule has 0 amide bonds. The van der Waals surface area contributed by atoms with E-state index in [1.807, 2.05) is 30.3 Å². The molecule has 0 radical (unpaired) electrons. The van der Waals surface area contributed by atoms with Gasteiger partial charge in [-0.05, 0) is 83.1 Å². The van der Waals surface area contributed by atoms with Crippen molar-refractivity contribution in [1.29, 1.82) is 0 Å². The first-order chi connectivity index (χ1) is 18.9. The van der Waals surface area contributed by atoms with Crippen molar-refractivity contribution in [3.8, 4) is 5.75 Å². The standard InChI is InChI=1S/C29H21IN2O6S/c1-3-14-37-28(35)24-17(2)31-29-32(26(33)23(39-29)16-18-6-10-20(30)11-7-18)25(24)19-8-12-21(13-9-19)38-27(34)22-5-4-15-36-22/h3-13,15-16,25H,1,14H2,2H3/b23-16-/t25-/m1/s1. The van der Waals surface area contributed by atoms with Crippen LogP contribution in [-0.4, -0.2) is 23.1 Å². The molecule has 39 heavy (non-hydrogen) atoms. The molecule has 0 spiro atoms. The van der Waals surface area contributed by atoms with Crippen LogP contribution in [0.25, 0.3) is 6.08 Å². The SMILES string of the molecule is C=CCOC(=O)C1=C(C)N=c2s/c(=C\c3ccc(I)cc3)c(=O)n2[C@@H]1c1ccc(OC(=O)c2ccco2)cc1. The first-order valence-corrected chi connectivity index (χ1v) is 13.7. The third kappa shape index (κ3) is 5.57. The molecule has 1 aliphatic heterocycles. The van der Waals surface area contributed by atoms with Crippen molar-refractivity contribution in [2.24, 2.45) is 4.99 Å². The molecule has 2 aromatic heterocycles. The fraction of sp³-hybridized carbons (Fsp3) is 0.103. The quantitative estimate of drug-likeness (QED) is 0.127.